The largest absolute Gasteiger partial charge is 0.449 e. The van der Waals surface area contributed by atoms with Gasteiger partial charge in [-0.2, -0.15) is 0 Å². The van der Waals surface area contributed by atoms with Gasteiger partial charge in [0.1, 0.15) is 5.75 Å². The Labute approximate surface area is 191 Å². The summed E-state index contributed by atoms with van der Waals surface area (Å²) in [5, 5.41) is 2.65. The average molecular weight is 445 g/mol. The minimum atomic E-state index is -1.02. The van der Waals surface area contributed by atoms with Gasteiger partial charge in [-0.25, -0.2) is 4.79 Å². The van der Waals surface area contributed by atoms with E-state index in [1.807, 2.05) is 0 Å². The lowest BCUT2D eigenvalue weighted by molar-refractivity contribution is -0.131. The van der Waals surface area contributed by atoms with Crippen molar-refractivity contribution in [3.63, 3.8) is 0 Å². The fourth-order valence-electron chi connectivity index (χ4n) is 2.99. The molecule has 0 aliphatic carbocycles. The average Bonchev–Trinajstić information content (AvgIpc) is 2.79. The maximum atomic E-state index is 12.4. The molecule has 0 bridgehead atoms. The van der Waals surface area contributed by atoms with Gasteiger partial charge in [0.2, 0.25) is 0 Å². The number of rotatable bonds is 7. The molecule has 0 aliphatic rings. The van der Waals surface area contributed by atoms with Gasteiger partial charge < -0.3 is 14.8 Å². The van der Waals surface area contributed by atoms with Crippen LogP contribution in [0.15, 0.2) is 72.8 Å². The van der Waals surface area contributed by atoms with E-state index in [0.29, 0.717) is 22.6 Å². The van der Waals surface area contributed by atoms with Crippen molar-refractivity contribution in [2.75, 3.05) is 5.32 Å². The summed E-state index contributed by atoms with van der Waals surface area (Å²) in [6.07, 6.45) is -1.02. The summed E-state index contributed by atoms with van der Waals surface area (Å²) < 4.78 is 10.3. The van der Waals surface area contributed by atoms with Crippen LogP contribution in [0.1, 0.15) is 41.5 Å². The third-order valence-corrected chi connectivity index (χ3v) is 4.78. The van der Waals surface area contributed by atoms with Gasteiger partial charge in [-0.3, -0.25) is 14.4 Å². The van der Waals surface area contributed by atoms with Gasteiger partial charge in [-0.15, -0.1) is 0 Å². The van der Waals surface area contributed by atoms with Gasteiger partial charge in [-0.1, -0.05) is 24.3 Å². The van der Waals surface area contributed by atoms with E-state index in [2.05, 4.69) is 5.32 Å². The van der Waals surface area contributed by atoms with E-state index in [4.69, 9.17) is 9.47 Å². The zero-order chi connectivity index (χ0) is 24.0. The van der Waals surface area contributed by atoms with Crippen molar-refractivity contribution in [1.82, 2.24) is 0 Å². The van der Waals surface area contributed by atoms with Gasteiger partial charge >= 0.3 is 11.9 Å². The van der Waals surface area contributed by atoms with Gasteiger partial charge in [0.15, 0.2) is 11.9 Å². The highest BCUT2D eigenvalue weighted by atomic mass is 16.5. The van der Waals surface area contributed by atoms with E-state index < -0.39 is 18.0 Å². The molecule has 7 nitrogen and oxygen atoms in total. The molecule has 0 heterocycles. The maximum Gasteiger partial charge on any atom is 0.338 e. The molecular weight excluding hydrogens is 422 g/mol. The van der Waals surface area contributed by atoms with E-state index >= 15 is 0 Å². The Morgan fingerprint density at radius 2 is 1.24 bits per heavy atom. The van der Waals surface area contributed by atoms with E-state index in [1.165, 1.54) is 20.8 Å². The lowest BCUT2D eigenvalue weighted by atomic mass is 10.0. The topological polar surface area (TPSA) is 98.8 Å². The predicted molar refractivity (Wildman–Crippen MR) is 123 cm³/mol. The van der Waals surface area contributed by atoms with Gasteiger partial charge in [0, 0.05) is 18.2 Å². The van der Waals surface area contributed by atoms with E-state index in [1.54, 1.807) is 72.8 Å². The van der Waals surface area contributed by atoms with E-state index in [9.17, 15) is 19.2 Å². The quantitative estimate of drug-likeness (QED) is 0.322. The number of carbonyl (C=O) groups is 4. The zero-order valence-corrected chi connectivity index (χ0v) is 18.5. The second-order valence-electron chi connectivity index (χ2n) is 7.37. The van der Waals surface area contributed by atoms with Gasteiger partial charge in [0.05, 0.1) is 5.56 Å². The summed E-state index contributed by atoms with van der Waals surface area (Å²) >= 11 is 0. The molecule has 3 aromatic carbocycles. The van der Waals surface area contributed by atoms with Crippen LogP contribution in [0.5, 0.6) is 5.75 Å². The monoisotopic (exact) mass is 445 g/mol. The first kappa shape index (κ1) is 23.4. The Balaban J connectivity index is 1.58. The van der Waals surface area contributed by atoms with Gasteiger partial charge in [0.25, 0.3) is 5.91 Å². The number of hydrogen-bond donors (Lipinski definition) is 1. The summed E-state index contributed by atoms with van der Waals surface area (Å²) in [6, 6.07) is 20.2. The summed E-state index contributed by atoms with van der Waals surface area (Å²) in [7, 11) is 0. The van der Waals surface area contributed by atoms with Crippen molar-refractivity contribution in [1.29, 1.82) is 0 Å². The third-order valence-electron chi connectivity index (χ3n) is 4.78. The minimum Gasteiger partial charge on any atom is -0.449 e. The molecule has 7 heteroatoms. The maximum absolute atomic E-state index is 12.4. The Hall–Kier alpha value is -4.26. The van der Waals surface area contributed by atoms with Crippen LogP contribution in [-0.2, 0) is 14.3 Å². The zero-order valence-electron chi connectivity index (χ0n) is 18.5. The Morgan fingerprint density at radius 3 is 1.76 bits per heavy atom. The molecule has 0 aromatic heterocycles. The molecule has 1 atom stereocenters. The fraction of sp³-hybridized carbons (Fsp3) is 0.154. The van der Waals surface area contributed by atoms with Crippen LogP contribution in [0.25, 0.3) is 11.1 Å². The summed E-state index contributed by atoms with van der Waals surface area (Å²) in [5.41, 5.74) is 3.09. The van der Waals surface area contributed by atoms with E-state index in [-0.39, 0.29) is 11.8 Å². The number of carbonyl (C=O) groups excluding carboxylic acids is 4. The Bertz CT molecular complexity index is 1160. The van der Waals surface area contributed by atoms with Crippen LogP contribution in [0, 0.1) is 0 Å². The first-order valence-corrected chi connectivity index (χ1v) is 10.2. The molecular formula is C26H23NO6. The Morgan fingerprint density at radius 1 is 0.727 bits per heavy atom. The summed E-state index contributed by atoms with van der Waals surface area (Å²) in [6.45, 7) is 4.28. The summed E-state index contributed by atoms with van der Waals surface area (Å²) in [5.74, 6) is -1.11. The highest BCUT2D eigenvalue weighted by Crippen LogP contribution is 2.23. The van der Waals surface area contributed by atoms with Crippen LogP contribution in [0.2, 0.25) is 0 Å². The molecule has 3 rings (SSSR count). The molecule has 1 amide bonds. The van der Waals surface area contributed by atoms with Crippen LogP contribution in [0.4, 0.5) is 5.69 Å². The molecule has 168 valence electrons. The number of Topliss-reactive ketones (excluding diaryl/α,β-unsaturated/α-hetero) is 1. The number of anilines is 1. The normalized spacial score (nSPS) is 11.2. The minimum absolute atomic E-state index is 0.0693. The number of ether oxygens (including phenoxy) is 2. The molecule has 0 saturated carbocycles. The molecule has 0 fully saturated rings. The standard InChI is InChI=1S/C26H23NO6/c1-16(28)19-8-12-23(13-9-19)27-25(30)17(2)32-26(31)22-6-4-20(5-7-22)21-10-14-24(15-11-21)33-18(3)29/h4-15,17H,1-3H3,(H,27,30). The van der Waals surface area contributed by atoms with Crippen molar-refractivity contribution < 1.29 is 28.7 Å². The molecule has 0 aliphatic heterocycles. The first-order valence-electron chi connectivity index (χ1n) is 10.2. The number of amides is 1. The van der Waals surface area contributed by atoms with Crippen molar-refractivity contribution in [3.8, 4) is 16.9 Å². The lowest BCUT2D eigenvalue weighted by Crippen LogP contribution is -2.30. The molecule has 1 N–H and O–H groups in total. The lowest BCUT2D eigenvalue weighted by Gasteiger charge is -2.14. The van der Waals surface area contributed by atoms with Crippen molar-refractivity contribution in [2.24, 2.45) is 0 Å². The summed E-state index contributed by atoms with van der Waals surface area (Å²) in [4.78, 5) is 47.1. The first-order chi connectivity index (χ1) is 15.7. The Kier molecular flexibility index (Phi) is 7.35. The molecule has 0 spiro atoms. The van der Waals surface area contributed by atoms with Crippen molar-refractivity contribution in [2.45, 2.75) is 26.9 Å². The number of ketones is 1. The SMILES string of the molecule is CC(=O)Oc1ccc(-c2ccc(C(=O)OC(C)C(=O)Nc3ccc(C(C)=O)cc3)cc2)cc1. The predicted octanol–water partition coefficient (Wildman–Crippen LogP) is 4.67. The van der Waals surface area contributed by atoms with Gasteiger partial charge in [-0.05, 0) is 73.5 Å². The molecule has 3 aromatic rings. The van der Waals surface area contributed by atoms with Crippen LogP contribution >= 0.6 is 0 Å². The van der Waals surface area contributed by atoms with Crippen LogP contribution < -0.4 is 10.1 Å². The molecule has 33 heavy (non-hydrogen) atoms. The smallest absolute Gasteiger partial charge is 0.338 e. The van der Waals surface area contributed by atoms with Crippen molar-refractivity contribution >= 4 is 29.3 Å². The van der Waals surface area contributed by atoms with Crippen molar-refractivity contribution in [3.05, 3.63) is 83.9 Å². The second-order valence-corrected chi connectivity index (χ2v) is 7.37. The highest BCUT2D eigenvalue weighted by molar-refractivity contribution is 5.98. The third kappa shape index (κ3) is 6.36. The van der Waals surface area contributed by atoms with Crippen LogP contribution in [-0.4, -0.2) is 29.7 Å². The second kappa shape index (κ2) is 10.4. The molecule has 1 unspecified atom stereocenters. The van der Waals surface area contributed by atoms with E-state index in [0.717, 1.165) is 11.1 Å². The number of benzene rings is 3. The number of nitrogens with one attached hydrogen (secondary N) is 1. The fourth-order valence-corrected chi connectivity index (χ4v) is 2.99. The number of esters is 2. The number of hydrogen-bond acceptors (Lipinski definition) is 6. The highest BCUT2D eigenvalue weighted by Gasteiger charge is 2.19. The molecule has 0 saturated heterocycles. The molecule has 0 radical (unpaired) electrons. The van der Waals surface area contributed by atoms with Crippen LogP contribution in [0.3, 0.4) is 0 Å².